The quantitative estimate of drug-likeness (QED) is 0.833. The first kappa shape index (κ1) is 11.5. The van der Waals surface area contributed by atoms with E-state index in [1.807, 2.05) is 6.07 Å². The van der Waals surface area contributed by atoms with Crippen molar-refractivity contribution in [1.82, 2.24) is 9.97 Å². The highest BCUT2D eigenvalue weighted by atomic mass is 16.3. The van der Waals surface area contributed by atoms with E-state index >= 15 is 0 Å². The van der Waals surface area contributed by atoms with Crippen LogP contribution < -0.4 is 0 Å². The zero-order chi connectivity index (χ0) is 11.5. The van der Waals surface area contributed by atoms with Gasteiger partial charge in [0, 0.05) is 6.20 Å². The molecule has 2 rings (SSSR count). The third-order valence-electron chi connectivity index (χ3n) is 3.57. The first-order valence-electron chi connectivity index (χ1n) is 6.10. The molecule has 3 nitrogen and oxygen atoms in total. The number of aliphatic hydroxyl groups is 1. The van der Waals surface area contributed by atoms with Gasteiger partial charge in [0.15, 0.2) is 0 Å². The Morgan fingerprint density at radius 1 is 1.25 bits per heavy atom. The zero-order valence-electron chi connectivity index (χ0n) is 10.0. The van der Waals surface area contributed by atoms with E-state index < -0.39 is 6.10 Å². The highest BCUT2D eigenvalue weighted by Crippen LogP contribution is 2.39. The van der Waals surface area contributed by atoms with E-state index in [-0.39, 0.29) is 0 Å². The average molecular weight is 220 g/mol. The number of hydrogen-bond acceptors (Lipinski definition) is 3. The van der Waals surface area contributed by atoms with Gasteiger partial charge >= 0.3 is 0 Å². The Balaban J connectivity index is 2.07. The minimum absolute atomic E-state index is 0.355. The number of aliphatic hydroxyl groups excluding tert-OH is 1. The fourth-order valence-corrected chi connectivity index (χ4v) is 2.98. The second kappa shape index (κ2) is 4.91. The van der Waals surface area contributed by atoms with Crippen LogP contribution in [-0.2, 0) is 0 Å². The molecular formula is C13H20N2O. The van der Waals surface area contributed by atoms with E-state index in [0.29, 0.717) is 17.8 Å². The van der Waals surface area contributed by atoms with Gasteiger partial charge in [0.1, 0.15) is 6.33 Å². The third kappa shape index (κ3) is 2.59. The highest BCUT2D eigenvalue weighted by molar-refractivity contribution is 5.04. The molecular weight excluding hydrogens is 200 g/mol. The molecule has 1 saturated carbocycles. The standard InChI is InChI=1S/C13H20N2O/c1-9-5-10(2)7-11(6-9)13(16)12-3-4-14-8-15-12/h3-4,8-11,13,16H,5-7H2,1-2H3. The Morgan fingerprint density at radius 3 is 2.50 bits per heavy atom. The predicted octanol–water partition coefficient (Wildman–Crippen LogP) is 2.58. The van der Waals surface area contributed by atoms with Crippen LogP contribution in [-0.4, -0.2) is 15.1 Å². The van der Waals surface area contributed by atoms with Crippen LogP contribution in [0.2, 0.25) is 0 Å². The van der Waals surface area contributed by atoms with Crippen LogP contribution >= 0.6 is 0 Å². The van der Waals surface area contributed by atoms with E-state index in [9.17, 15) is 5.11 Å². The molecule has 88 valence electrons. The summed E-state index contributed by atoms with van der Waals surface area (Å²) in [6.45, 7) is 4.55. The molecule has 0 radical (unpaired) electrons. The molecule has 16 heavy (non-hydrogen) atoms. The summed E-state index contributed by atoms with van der Waals surface area (Å²) in [5.74, 6) is 1.78. The molecule has 3 atom stereocenters. The lowest BCUT2D eigenvalue weighted by molar-refractivity contribution is 0.0521. The molecule has 1 N–H and O–H groups in total. The van der Waals surface area contributed by atoms with Crippen LogP contribution in [0.3, 0.4) is 0 Å². The van der Waals surface area contributed by atoms with Crippen LogP contribution in [0.15, 0.2) is 18.6 Å². The van der Waals surface area contributed by atoms with Crippen LogP contribution in [0, 0.1) is 17.8 Å². The van der Waals surface area contributed by atoms with Crippen molar-refractivity contribution in [2.75, 3.05) is 0 Å². The van der Waals surface area contributed by atoms with E-state index in [4.69, 9.17) is 0 Å². The van der Waals surface area contributed by atoms with E-state index in [1.165, 1.54) is 12.7 Å². The Kier molecular flexibility index (Phi) is 3.54. The highest BCUT2D eigenvalue weighted by Gasteiger charge is 2.30. The van der Waals surface area contributed by atoms with E-state index in [2.05, 4.69) is 23.8 Å². The van der Waals surface area contributed by atoms with Gasteiger partial charge in [0.2, 0.25) is 0 Å². The molecule has 3 unspecified atom stereocenters. The zero-order valence-corrected chi connectivity index (χ0v) is 10.0. The molecule has 0 amide bonds. The van der Waals surface area contributed by atoms with Gasteiger partial charge < -0.3 is 5.11 Å². The second-order valence-corrected chi connectivity index (χ2v) is 5.26. The Labute approximate surface area is 96.9 Å². The number of aromatic nitrogens is 2. The maximum absolute atomic E-state index is 10.3. The van der Waals surface area contributed by atoms with Crippen molar-refractivity contribution in [1.29, 1.82) is 0 Å². The molecule has 1 heterocycles. The molecule has 1 fully saturated rings. The molecule has 0 bridgehead atoms. The smallest absolute Gasteiger partial charge is 0.115 e. The van der Waals surface area contributed by atoms with Gasteiger partial charge in [0.05, 0.1) is 11.8 Å². The molecule has 1 aliphatic rings. The van der Waals surface area contributed by atoms with Gasteiger partial charge in [0.25, 0.3) is 0 Å². The van der Waals surface area contributed by atoms with Crippen molar-refractivity contribution in [2.24, 2.45) is 17.8 Å². The minimum atomic E-state index is -0.423. The topological polar surface area (TPSA) is 46.0 Å². The van der Waals surface area contributed by atoms with Crippen molar-refractivity contribution in [3.05, 3.63) is 24.3 Å². The van der Waals surface area contributed by atoms with Gasteiger partial charge in [-0.3, -0.25) is 0 Å². The minimum Gasteiger partial charge on any atom is -0.387 e. The summed E-state index contributed by atoms with van der Waals surface area (Å²) >= 11 is 0. The Bertz CT molecular complexity index is 318. The fourth-order valence-electron chi connectivity index (χ4n) is 2.98. The van der Waals surface area contributed by atoms with Crippen molar-refractivity contribution in [2.45, 2.75) is 39.2 Å². The van der Waals surface area contributed by atoms with Crippen LogP contribution in [0.1, 0.15) is 44.9 Å². The summed E-state index contributed by atoms with van der Waals surface area (Å²) in [6, 6.07) is 1.81. The number of rotatable bonds is 2. The van der Waals surface area contributed by atoms with Crippen LogP contribution in [0.5, 0.6) is 0 Å². The summed E-state index contributed by atoms with van der Waals surface area (Å²) in [6.07, 6.45) is 6.28. The predicted molar refractivity (Wildman–Crippen MR) is 62.7 cm³/mol. The Hall–Kier alpha value is -0.960. The van der Waals surface area contributed by atoms with Gasteiger partial charge in [-0.2, -0.15) is 0 Å². The SMILES string of the molecule is CC1CC(C)CC(C(O)c2ccncn2)C1. The van der Waals surface area contributed by atoms with Crippen molar-refractivity contribution < 1.29 is 5.11 Å². The summed E-state index contributed by atoms with van der Waals surface area (Å²) in [4.78, 5) is 8.02. The summed E-state index contributed by atoms with van der Waals surface area (Å²) in [5.41, 5.74) is 0.765. The van der Waals surface area contributed by atoms with Gasteiger partial charge in [-0.15, -0.1) is 0 Å². The first-order chi connectivity index (χ1) is 7.66. The van der Waals surface area contributed by atoms with Gasteiger partial charge in [-0.25, -0.2) is 9.97 Å². The lowest BCUT2D eigenvalue weighted by Gasteiger charge is -2.34. The number of hydrogen-bond donors (Lipinski definition) is 1. The monoisotopic (exact) mass is 220 g/mol. The first-order valence-corrected chi connectivity index (χ1v) is 6.10. The molecule has 1 aromatic rings. The van der Waals surface area contributed by atoms with Gasteiger partial charge in [-0.05, 0) is 43.1 Å². The van der Waals surface area contributed by atoms with Crippen molar-refractivity contribution >= 4 is 0 Å². The molecule has 3 heteroatoms. The molecule has 0 saturated heterocycles. The van der Waals surface area contributed by atoms with E-state index in [1.54, 1.807) is 6.20 Å². The molecule has 0 spiro atoms. The molecule has 1 aliphatic carbocycles. The summed E-state index contributed by atoms with van der Waals surface area (Å²) < 4.78 is 0. The molecule has 0 aromatic carbocycles. The largest absolute Gasteiger partial charge is 0.387 e. The molecule has 0 aliphatic heterocycles. The maximum Gasteiger partial charge on any atom is 0.115 e. The average Bonchev–Trinajstić information content (AvgIpc) is 2.28. The molecule has 1 aromatic heterocycles. The van der Waals surface area contributed by atoms with Crippen molar-refractivity contribution in [3.63, 3.8) is 0 Å². The van der Waals surface area contributed by atoms with Gasteiger partial charge in [-0.1, -0.05) is 13.8 Å². The second-order valence-electron chi connectivity index (χ2n) is 5.26. The normalized spacial score (nSPS) is 32.3. The van der Waals surface area contributed by atoms with Crippen LogP contribution in [0.4, 0.5) is 0 Å². The number of nitrogens with zero attached hydrogens (tertiary/aromatic N) is 2. The third-order valence-corrected chi connectivity index (χ3v) is 3.57. The summed E-state index contributed by atoms with van der Waals surface area (Å²) in [5, 5.41) is 10.3. The Morgan fingerprint density at radius 2 is 1.94 bits per heavy atom. The van der Waals surface area contributed by atoms with Crippen LogP contribution in [0.25, 0.3) is 0 Å². The maximum atomic E-state index is 10.3. The van der Waals surface area contributed by atoms with E-state index in [0.717, 1.165) is 18.5 Å². The fraction of sp³-hybridized carbons (Fsp3) is 0.692. The van der Waals surface area contributed by atoms with Crippen molar-refractivity contribution in [3.8, 4) is 0 Å². The lowest BCUT2D eigenvalue weighted by atomic mass is 9.74. The summed E-state index contributed by atoms with van der Waals surface area (Å²) in [7, 11) is 0. The lowest BCUT2D eigenvalue weighted by Crippen LogP contribution is -2.25.